The number of hydrogen-bond acceptors (Lipinski definition) is 1. The van der Waals surface area contributed by atoms with Gasteiger partial charge in [-0.1, -0.05) is 62.4 Å². The molecule has 0 aliphatic carbocycles. The van der Waals surface area contributed by atoms with E-state index in [1.807, 2.05) is 32.0 Å². The smallest absolute Gasteiger partial charge is 0.143 e. The predicted molar refractivity (Wildman–Crippen MR) is 82.6 cm³/mol. The molecular weight excluding hydrogens is 232 g/mol. The highest BCUT2D eigenvalue weighted by molar-refractivity contribution is 6.14. The van der Waals surface area contributed by atoms with Gasteiger partial charge in [0, 0.05) is 16.2 Å². The van der Waals surface area contributed by atoms with E-state index in [-0.39, 0.29) is 0 Å². The van der Waals surface area contributed by atoms with E-state index in [1.165, 1.54) is 21.5 Å². The van der Waals surface area contributed by atoms with Crippen LogP contribution in [0, 0.1) is 0 Å². The molecule has 0 amide bonds. The standard InChI is InChI=1S/C16H10O.C2H6/c1-2-6-12-11(5-1)9-10-14-13-7-3-4-8-15(13)17-16(12)14;1-2/h1-10H;1-2H3. The van der Waals surface area contributed by atoms with Crippen molar-refractivity contribution in [3.8, 4) is 0 Å². The quantitative estimate of drug-likeness (QED) is 0.385. The van der Waals surface area contributed by atoms with Gasteiger partial charge < -0.3 is 4.42 Å². The molecule has 0 fully saturated rings. The largest absolute Gasteiger partial charge is 0.455 e. The Morgan fingerprint density at radius 3 is 2.16 bits per heavy atom. The SMILES string of the molecule is CC.c1ccc2c(c1)ccc1c3ccccc3oc21. The van der Waals surface area contributed by atoms with E-state index < -0.39 is 0 Å². The highest BCUT2D eigenvalue weighted by atomic mass is 16.3. The third-order valence-corrected chi connectivity index (χ3v) is 3.27. The van der Waals surface area contributed by atoms with E-state index in [9.17, 15) is 0 Å². The van der Waals surface area contributed by atoms with E-state index in [2.05, 4.69) is 42.5 Å². The summed E-state index contributed by atoms with van der Waals surface area (Å²) in [6, 6.07) is 20.8. The first-order valence-electron chi connectivity index (χ1n) is 6.72. The molecule has 0 saturated carbocycles. The van der Waals surface area contributed by atoms with Crippen molar-refractivity contribution in [3.63, 3.8) is 0 Å². The van der Waals surface area contributed by atoms with Gasteiger partial charge in [0.25, 0.3) is 0 Å². The number of fused-ring (bicyclic) bond motifs is 5. The summed E-state index contributed by atoms with van der Waals surface area (Å²) in [5.74, 6) is 0. The van der Waals surface area contributed by atoms with Crippen LogP contribution in [-0.2, 0) is 0 Å². The van der Waals surface area contributed by atoms with Crippen LogP contribution in [-0.4, -0.2) is 0 Å². The minimum Gasteiger partial charge on any atom is -0.455 e. The van der Waals surface area contributed by atoms with Crippen LogP contribution in [0.2, 0.25) is 0 Å². The molecule has 1 heterocycles. The lowest BCUT2D eigenvalue weighted by Crippen LogP contribution is -1.72. The van der Waals surface area contributed by atoms with Crippen LogP contribution in [0.4, 0.5) is 0 Å². The molecule has 4 aromatic rings. The molecule has 1 nitrogen and oxygen atoms in total. The van der Waals surface area contributed by atoms with Gasteiger partial charge in [-0.3, -0.25) is 0 Å². The highest BCUT2D eigenvalue weighted by Crippen LogP contribution is 2.33. The van der Waals surface area contributed by atoms with Crippen molar-refractivity contribution < 1.29 is 4.42 Å². The summed E-state index contributed by atoms with van der Waals surface area (Å²) in [7, 11) is 0. The van der Waals surface area contributed by atoms with Crippen molar-refractivity contribution in [2.45, 2.75) is 13.8 Å². The predicted octanol–water partition coefficient (Wildman–Crippen LogP) is 5.77. The van der Waals surface area contributed by atoms with Crippen LogP contribution in [0.1, 0.15) is 13.8 Å². The molecule has 3 aromatic carbocycles. The van der Waals surface area contributed by atoms with Crippen LogP contribution >= 0.6 is 0 Å². The topological polar surface area (TPSA) is 13.1 Å². The number of hydrogen-bond donors (Lipinski definition) is 0. The molecule has 1 heteroatoms. The van der Waals surface area contributed by atoms with Gasteiger partial charge in [-0.25, -0.2) is 0 Å². The Morgan fingerprint density at radius 2 is 1.32 bits per heavy atom. The van der Waals surface area contributed by atoms with Gasteiger partial charge >= 0.3 is 0 Å². The monoisotopic (exact) mass is 248 g/mol. The van der Waals surface area contributed by atoms with Gasteiger partial charge in [-0.2, -0.15) is 0 Å². The van der Waals surface area contributed by atoms with Crippen molar-refractivity contribution in [3.05, 3.63) is 60.7 Å². The van der Waals surface area contributed by atoms with E-state index in [0.717, 1.165) is 11.2 Å². The summed E-state index contributed by atoms with van der Waals surface area (Å²) < 4.78 is 5.97. The molecule has 4 rings (SSSR count). The minimum absolute atomic E-state index is 0.957. The summed E-state index contributed by atoms with van der Waals surface area (Å²) in [6.07, 6.45) is 0. The van der Waals surface area contributed by atoms with Crippen molar-refractivity contribution >= 4 is 32.7 Å². The molecular formula is C18H16O. The van der Waals surface area contributed by atoms with Crippen LogP contribution in [0.5, 0.6) is 0 Å². The van der Waals surface area contributed by atoms with Gasteiger partial charge in [0.2, 0.25) is 0 Å². The lowest BCUT2D eigenvalue weighted by Gasteiger charge is -1.97. The Kier molecular flexibility index (Phi) is 2.96. The summed E-state index contributed by atoms with van der Waals surface area (Å²) >= 11 is 0. The zero-order valence-electron chi connectivity index (χ0n) is 11.2. The maximum Gasteiger partial charge on any atom is 0.143 e. The molecule has 0 radical (unpaired) electrons. The van der Waals surface area contributed by atoms with Gasteiger partial charge in [0.1, 0.15) is 11.2 Å². The number of benzene rings is 3. The van der Waals surface area contributed by atoms with Crippen molar-refractivity contribution in [1.29, 1.82) is 0 Å². The van der Waals surface area contributed by atoms with E-state index in [0.29, 0.717) is 0 Å². The second-order valence-electron chi connectivity index (χ2n) is 4.26. The van der Waals surface area contributed by atoms with E-state index >= 15 is 0 Å². The second kappa shape index (κ2) is 4.77. The fraction of sp³-hybridized carbons (Fsp3) is 0.111. The van der Waals surface area contributed by atoms with Crippen molar-refractivity contribution in [1.82, 2.24) is 0 Å². The van der Waals surface area contributed by atoms with Crippen LogP contribution in [0.15, 0.2) is 65.1 Å². The number of rotatable bonds is 0. The molecule has 0 unspecified atom stereocenters. The van der Waals surface area contributed by atoms with Crippen molar-refractivity contribution in [2.75, 3.05) is 0 Å². The number of furan rings is 1. The molecule has 0 aliphatic heterocycles. The lowest BCUT2D eigenvalue weighted by molar-refractivity contribution is 0.672. The van der Waals surface area contributed by atoms with Crippen LogP contribution in [0.3, 0.4) is 0 Å². The fourth-order valence-corrected chi connectivity index (χ4v) is 2.45. The van der Waals surface area contributed by atoms with E-state index in [4.69, 9.17) is 4.42 Å². The minimum atomic E-state index is 0.957. The molecule has 94 valence electrons. The normalized spacial score (nSPS) is 10.6. The van der Waals surface area contributed by atoms with Crippen LogP contribution in [0.25, 0.3) is 32.7 Å². The van der Waals surface area contributed by atoms with Gasteiger partial charge in [-0.15, -0.1) is 0 Å². The zero-order chi connectivity index (χ0) is 13.2. The molecule has 19 heavy (non-hydrogen) atoms. The average molecular weight is 248 g/mol. The van der Waals surface area contributed by atoms with Gasteiger partial charge in [-0.05, 0) is 17.5 Å². The maximum atomic E-state index is 5.97. The molecule has 0 aliphatic rings. The lowest BCUT2D eigenvalue weighted by atomic mass is 10.1. The Labute approximate surface area is 112 Å². The Balaban J connectivity index is 0.000000528. The fourth-order valence-electron chi connectivity index (χ4n) is 2.45. The summed E-state index contributed by atoms with van der Waals surface area (Å²) in [5.41, 5.74) is 1.95. The van der Waals surface area contributed by atoms with Crippen LogP contribution < -0.4 is 0 Å². The Hall–Kier alpha value is -2.28. The zero-order valence-corrected chi connectivity index (χ0v) is 11.2. The van der Waals surface area contributed by atoms with Gasteiger partial charge in [0.15, 0.2) is 0 Å². The van der Waals surface area contributed by atoms with Crippen molar-refractivity contribution in [2.24, 2.45) is 0 Å². The first kappa shape index (κ1) is 11.8. The Bertz CT molecular complexity index is 840. The third-order valence-electron chi connectivity index (χ3n) is 3.27. The maximum absolute atomic E-state index is 5.97. The molecule has 0 spiro atoms. The molecule has 0 saturated heterocycles. The number of para-hydroxylation sites is 1. The second-order valence-corrected chi connectivity index (χ2v) is 4.26. The Morgan fingerprint density at radius 1 is 0.632 bits per heavy atom. The summed E-state index contributed by atoms with van der Waals surface area (Å²) in [6.45, 7) is 4.00. The summed E-state index contributed by atoms with van der Waals surface area (Å²) in [4.78, 5) is 0. The third kappa shape index (κ3) is 1.78. The molecule has 0 bridgehead atoms. The first-order chi connectivity index (χ1) is 9.43. The van der Waals surface area contributed by atoms with Gasteiger partial charge in [0.05, 0.1) is 0 Å². The van der Waals surface area contributed by atoms with E-state index in [1.54, 1.807) is 0 Å². The first-order valence-corrected chi connectivity index (χ1v) is 6.72. The average Bonchev–Trinajstić information content (AvgIpc) is 2.88. The molecule has 0 atom stereocenters. The highest BCUT2D eigenvalue weighted by Gasteiger charge is 2.08. The molecule has 0 N–H and O–H groups in total. The summed E-state index contributed by atoms with van der Waals surface area (Å²) in [5, 5.41) is 4.79. The molecule has 1 aromatic heterocycles.